The molecule has 2 saturated heterocycles. The Morgan fingerprint density at radius 2 is 1.90 bits per heavy atom. The molecule has 2 fully saturated rings. The number of carbonyl (C=O) groups excluding carboxylic acids is 1. The Morgan fingerprint density at radius 1 is 1.19 bits per heavy atom. The van der Waals surface area contributed by atoms with E-state index in [4.69, 9.17) is 9.47 Å². The summed E-state index contributed by atoms with van der Waals surface area (Å²) in [5.74, 6) is 0.686. The molecule has 1 aromatic rings. The number of fused-ring (bicyclic) bond motifs is 2. The first-order chi connectivity index (χ1) is 10.3. The van der Waals surface area contributed by atoms with E-state index in [0.29, 0.717) is 31.3 Å². The predicted octanol–water partition coefficient (Wildman–Crippen LogP) is 3.26. The summed E-state index contributed by atoms with van der Waals surface area (Å²) in [6.45, 7) is 1.02. The lowest BCUT2D eigenvalue weighted by Gasteiger charge is -2.28. The molecular weight excluding hydrogens is 266 g/mol. The van der Waals surface area contributed by atoms with Gasteiger partial charge in [0.25, 0.3) is 0 Å². The van der Waals surface area contributed by atoms with Crippen LogP contribution in [0.5, 0.6) is 0 Å². The van der Waals surface area contributed by atoms with Crippen LogP contribution in [0.25, 0.3) is 0 Å². The van der Waals surface area contributed by atoms with Crippen molar-refractivity contribution in [1.29, 1.82) is 0 Å². The van der Waals surface area contributed by atoms with E-state index in [1.165, 1.54) is 12.8 Å². The summed E-state index contributed by atoms with van der Waals surface area (Å²) in [7, 11) is 0. The Balaban J connectivity index is 1.31. The topological polar surface area (TPSA) is 47.6 Å². The lowest BCUT2D eigenvalue weighted by molar-refractivity contribution is -0.0206. The highest BCUT2D eigenvalue weighted by molar-refractivity contribution is 5.67. The molecule has 1 amide bonds. The van der Waals surface area contributed by atoms with E-state index in [2.05, 4.69) is 5.32 Å². The Labute approximate surface area is 125 Å². The number of carbonyl (C=O) groups is 1. The van der Waals surface area contributed by atoms with E-state index in [9.17, 15) is 4.79 Å². The number of hydrogen-bond donors (Lipinski definition) is 1. The molecule has 2 heterocycles. The fourth-order valence-corrected chi connectivity index (χ4v) is 3.35. The number of hydrogen-bond acceptors (Lipinski definition) is 3. The second-order valence-corrected chi connectivity index (χ2v) is 6.07. The molecule has 21 heavy (non-hydrogen) atoms. The van der Waals surface area contributed by atoms with Gasteiger partial charge in [-0.1, -0.05) is 30.3 Å². The molecule has 0 saturated carbocycles. The Morgan fingerprint density at radius 3 is 2.62 bits per heavy atom. The van der Waals surface area contributed by atoms with Crippen LogP contribution in [-0.2, 0) is 16.1 Å². The van der Waals surface area contributed by atoms with Gasteiger partial charge in [-0.15, -0.1) is 0 Å². The maximum absolute atomic E-state index is 11.6. The fraction of sp³-hybridized carbons (Fsp3) is 0.588. The van der Waals surface area contributed by atoms with Crippen molar-refractivity contribution in [2.24, 2.45) is 5.92 Å². The zero-order valence-electron chi connectivity index (χ0n) is 12.3. The molecule has 0 radical (unpaired) electrons. The van der Waals surface area contributed by atoms with Gasteiger partial charge in [0, 0.05) is 6.54 Å². The minimum atomic E-state index is -0.325. The monoisotopic (exact) mass is 289 g/mol. The zero-order valence-corrected chi connectivity index (χ0v) is 12.3. The SMILES string of the molecule is O=C(NCCC1CC2CCC(C1)O2)OCc1ccccc1. The van der Waals surface area contributed by atoms with Gasteiger partial charge in [0.2, 0.25) is 0 Å². The molecule has 0 aliphatic carbocycles. The zero-order chi connectivity index (χ0) is 14.5. The smallest absolute Gasteiger partial charge is 0.407 e. The molecule has 2 aliphatic rings. The standard InChI is InChI=1S/C17H23NO3/c19-17(20-12-13-4-2-1-3-5-13)18-9-8-14-10-15-6-7-16(11-14)21-15/h1-5,14-16H,6-12H2,(H,18,19). The van der Waals surface area contributed by atoms with E-state index < -0.39 is 0 Å². The van der Waals surface area contributed by atoms with E-state index in [0.717, 1.165) is 24.8 Å². The normalized spacial score (nSPS) is 27.3. The van der Waals surface area contributed by atoms with Crippen LogP contribution >= 0.6 is 0 Å². The van der Waals surface area contributed by atoms with Gasteiger partial charge in [-0.2, -0.15) is 0 Å². The summed E-state index contributed by atoms with van der Waals surface area (Å²) in [4.78, 5) is 11.6. The predicted molar refractivity (Wildman–Crippen MR) is 79.9 cm³/mol. The molecule has 114 valence electrons. The Bertz CT molecular complexity index is 450. The van der Waals surface area contributed by atoms with Crippen LogP contribution in [0.2, 0.25) is 0 Å². The van der Waals surface area contributed by atoms with Gasteiger partial charge >= 0.3 is 6.09 Å². The van der Waals surface area contributed by atoms with Crippen molar-refractivity contribution in [1.82, 2.24) is 5.32 Å². The maximum Gasteiger partial charge on any atom is 0.407 e. The largest absolute Gasteiger partial charge is 0.445 e. The molecule has 4 heteroatoms. The lowest BCUT2D eigenvalue weighted by Crippen LogP contribution is -2.30. The minimum Gasteiger partial charge on any atom is -0.445 e. The number of alkyl carbamates (subject to hydrolysis) is 1. The van der Waals surface area contributed by atoms with Crippen LogP contribution in [-0.4, -0.2) is 24.8 Å². The van der Waals surface area contributed by atoms with Crippen molar-refractivity contribution < 1.29 is 14.3 Å². The highest BCUT2D eigenvalue weighted by Crippen LogP contribution is 2.36. The van der Waals surface area contributed by atoms with Crippen LogP contribution < -0.4 is 5.32 Å². The van der Waals surface area contributed by atoms with Gasteiger partial charge in [0.05, 0.1) is 12.2 Å². The summed E-state index contributed by atoms with van der Waals surface area (Å²) in [5.41, 5.74) is 1.01. The lowest BCUT2D eigenvalue weighted by atomic mass is 9.92. The third kappa shape index (κ3) is 4.21. The Hall–Kier alpha value is -1.55. The molecule has 1 N–H and O–H groups in total. The Kier molecular flexibility index (Phi) is 4.76. The van der Waals surface area contributed by atoms with Gasteiger partial charge in [-0.3, -0.25) is 0 Å². The quantitative estimate of drug-likeness (QED) is 0.905. The molecule has 1 aromatic carbocycles. The average Bonchev–Trinajstić information content (AvgIpc) is 2.85. The average molecular weight is 289 g/mol. The van der Waals surface area contributed by atoms with Crippen molar-refractivity contribution in [2.45, 2.75) is 50.9 Å². The summed E-state index contributed by atoms with van der Waals surface area (Å²) < 4.78 is 11.0. The molecule has 2 bridgehead atoms. The van der Waals surface area contributed by atoms with Crippen molar-refractivity contribution >= 4 is 6.09 Å². The number of ether oxygens (including phenoxy) is 2. The van der Waals surface area contributed by atoms with Crippen molar-refractivity contribution in [3.05, 3.63) is 35.9 Å². The van der Waals surface area contributed by atoms with Crippen LogP contribution in [0.4, 0.5) is 4.79 Å². The molecule has 2 unspecified atom stereocenters. The van der Waals surface area contributed by atoms with Gasteiger partial charge < -0.3 is 14.8 Å². The van der Waals surface area contributed by atoms with E-state index in [-0.39, 0.29) is 6.09 Å². The first kappa shape index (κ1) is 14.4. The van der Waals surface area contributed by atoms with Gasteiger partial charge in [0.1, 0.15) is 6.61 Å². The molecule has 2 aliphatic heterocycles. The summed E-state index contributed by atoms with van der Waals surface area (Å²) in [5, 5.41) is 2.85. The first-order valence-corrected chi connectivity index (χ1v) is 7.89. The number of benzene rings is 1. The first-order valence-electron chi connectivity index (χ1n) is 7.89. The summed E-state index contributed by atoms with van der Waals surface area (Å²) in [6.07, 6.45) is 6.37. The third-order valence-corrected chi connectivity index (χ3v) is 4.42. The fourth-order valence-electron chi connectivity index (χ4n) is 3.35. The van der Waals surface area contributed by atoms with Gasteiger partial charge in [-0.05, 0) is 43.6 Å². The van der Waals surface area contributed by atoms with E-state index >= 15 is 0 Å². The second kappa shape index (κ2) is 6.94. The molecule has 3 rings (SSSR count). The third-order valence-electron chi connectivity index (χ3n) is 4.42. The van der Waals surface area contributed by atoms with Crippen molar-refractivity contribution in [3.8, 4) is 0 Å². The molecule has 0 aromatic heterocycles. The molecule has 2 atom stereocenters. The van der Waals surface area contributed by atoms with Crippen LogP contribution in [0.1, 0.15) is 37.7 Å². The molecular formula is C17H23NO3. The van der Waals surface area contributed by atoms with Crippen molar-refractivity contribution in [2.75, 3.05) is 6.54 Å². The van der Waals surface area contributed by atoms with Gasteiger partial charge in [-0.25, -0.2) is 4.79 Å². The summed E-state index contributed by atoms with van der Waals surface area (Å²) >= 11 is 0. The van der Waals surface area contributed by atoms with Crippen LogP contribution in [0.3, 0.4) is 0 Å². The maximum atomic E-state index is 11.6. The highest BCUT2D eigenvalue weighted by atomic mass is 16.5. The minimum absolute atomic E-state index is 0.325. The van der Waals surface area contributed by atoms with Crippen LogP contribution in [0, 0.1) is 5.92 Å². The second-order valence-electron chi connectivity index (χ2n) is 6.07. The molecule has 0 spiro atoms. The number of amides is 1. The number of rotatable bonds is 5. The van der Waals surface area contributed by atoms with Crippen LogP contribution in [0.15, 0.2) is 30.3 Å². The molecule has 4 nitrogen and oxygen atoms in total. The van der Waals surface area contributed by atoms with Crippen molar-refractivity contribution in [3.63, 3.8) is 0 Å². The highest BCUT2D eigenvalue weighted by Gasteiger charge is 2.34. The van der Waals surface area contributed by atoms with E-state index in [1.807, 2.05) is 30.3 Å². The number of nitrogens with one attached hydrogen (secondary N) is 1. The summed E-state index contributed by atoms with van der Waals surface area (Å²) in [6, 6.07) is 9.73. The van der Waals surface area contributed by atoms with Gasteiger partial charge in [0.15, 0.2) is 0 Å². The van der Waals surface area contributed by atoms with E-state index in [1.54, 1.807) is 0 Å².